The molecule has 0 unspecified atom stereocenters. The maximum atomic E-state index is 5.38. The summed E-state index contributed by atoms with van der Waals surface area (Å²) in [5, 5.41) is 2.27. The van der Waals surface area contributed by atoms with Gasteiger partial charge >= 0.3 is 0 Å². The summed E-state index contributed by atoms with van der Waals surface area (Å²) >= 11 is 0. The molecule has 0 atom stereocenters. The van der Waals surface area contributed by atoms with Crippen molar-refractivity contribution in [2.45, 2.75) is 0 Å². The van der Waals surface area contributed by atoms with E-state index in [1.807, 2.05) is 54.7 Å². The average Bonchev–Trinajstić information content (AvgIpc) is 3.58. The first-order valence-electron chi connectivity index (χ1n) is 13.2. The van der Waals surface area contributed by atoms with Crippen LogP contribution in [0.15, 0.2) is 134 Å². The van der Waals surface area contributed by atoms with Gasteiger partial charge in [-0.25, -0.2) is 19.9 Å². The molecule has 0 N–H and O–H groups in total. The monoisotopic (exact) mass is 514 g/mol. The number of hydrogen-bond donors (Lipinski definition) is 0. The van der Waals surface area contributed by atoms with Crippen molar-refractivity contribution in [3.8, 4) is 34.3 Å². The molecule has 40 heavy (non-hydrogen) atoms. The highest BCUT2D eigenvalue weighted by atomic mass is 15.1. The van der Waals surface area contributed by atoms with Gasteiger partial charge in [0.05, 0.1) is 22.1 Å². The van der Waals surface area contributed by atoms with Crippen LogP contribution < -0.4 is 0 Å². The van der Waals surface area contributed by atoms with E-state index in [1.54, 1.807) is 12.4 Å². The Bertz CT molecular complexity index is 2150. The van der Waals surface area contributed by atoms with Gasteiger partial charge in [-0.2, -0.15) is 0 Å². The molecular weight excluding hydrogens is 492 g/mol. The van der Waals surface area contributed by atoms with Gasteiger partial charge in [-0.3, -0.25) is 4.57 Å². The van der Waals surface area contributed by atoms with E-state index in [0.29, 0.717) is 5.82 Å². The second-order valence-electron chi connectivity index (χ2n) is 9.59. The average molecular weight is 515 g/mol. The topological polar surface area (TPSA) is 61.4 Å². The molecule has 0 bridgehead atoms. The first-order valence-corrected chi connectivity index (χ1v) is 13.2. The van der Waals surface area contributed by atoms with Crippen molar-refractivity contribution in [1.82, 2.24) is 29.1 Å². The second-order valence-corrected chi connectivity index (χ2v) is 9.59. The molecule has 0 aliphatic carbocycles. The van der Waals surface area contributed by atoms with E-state index in [-0.39, 0.29) is 0 Å². The van der Waals surface area contributed by atoms with E-state index in [0.717, 1.165) is 61.3 Å². The third-order valence-electron chi connectivity index (χ3n) is 7.33. The van der Waals surface area contributed by atoms with Crippen LogP contribution in [-0.4, -0.2) is 29.1 Å². The fourth-order valence-electron chi connectivity index (χ4n) is 5.66. The van der Waals surface area contributed by atoms with Crippen LogP contribution >= 0.6 is 0 Å². The van der Waals surface area contributed by atoms with Crippen LogP contribution in [0.25, 0.3) is 67.1 Å². The van der Waals surface area contributed by atoms with Crippen LogP contribution in [0, 0.1) is 0 Å². The number of benzene rings is 4. The fourth-order valence-corrected chi connectivity index (χ4v) is 5.66. The van der Waals surface area contributed by atoms with E-state index in [2.05, 4.69) is 85.8 Å². The van der Waals surface area contributed by atoms with Crippen molar-refractivity contribution in [1.29, 1.82) is 0 Å². The lowest BCUT2D eigenvalue weighted by molar-refractivity contribution is 1.03. The van der Waals surface area contributed by atoms with E-state index in [1.165, 1.54) is 0 Å². The highest BCUT2D eigenvalue weighted by molar-refractivity contribution is 6.20. The van der Waals surface area contributed by atoms with E-state index >= 15 is 0 Å². The Morgan fingerprint density at radius 1 is 0.475 bits per heavy atom. The van der Waals surface area contributed by atoms with Gasteiger partial charge in [-0.1, -0.05) is 66.7 Å². The quantitative estimate of drug-likeness (QED) is 0.242. The molecule has 8 rings (SSSR count). The van der Waals surface area contributed by atoms with Gasteiger partial charge in [0, 0.05) is 46.2 Å². The van der Waals surface area contributed by atoms with Crippen LogP contribution in [0.5, 0.6) is 0 Å². The number of imidazole rings is 1. The van der Waals surface area contributed by atoms with Crippen molar-refractivity contribution in [2.75, 3.05) is 0 Å². The van der Waals surface area contributed by atoms with Crippen molar-refractivity contribution in [3.63, 3.8) is 0 Å². The Morgan fingerprint density at radius 3 is 2.00 bits per heavy atom. The second kappa shape index (κ2) is 8.99. The summed E-state index contributed by atoms with van der Waals surface area (Å²) in [6.07, 6.45) is 5.35. The van der Waals surface area contributed by atoms with Gasteiger partial charge in [0.25, 0.3) is 0 Å². The Kier molecular flexibility index (Phi) is 5.03. The maximum Gasteiger partial charge on any atom is 0.159 e. The summed E-state index contributed by atoms with van der Waals surface area (Å²) in [7, 11) is 0. The third-order valence-corrected chi connectivity index (χ3v) is 7.33. The molecule has 8 aromatic rings. The van der Waals surface area contributed by atoms with Crippen LogP contribution in [0.4, 0.5) is 0 Å². The van der Waals surface area contributed by atoms with Crippen molar-refractivity contribution in [2.24, 2.45) is 0 Å². The molecule has 6 nitrogen and oxygen atoms in total. The molecule has 4 aromatic heterocycles. The summed E-state index contributed by atoms with van der Waals surface area (Å²) < 4.78 is 4.46. The number of rotatable bonds is 4. The third kappa shape index (κ3) is 3.36. The lowest BCUT2D eigenvalue weighted by Gasteiger charge is -2.11. The number of pyridine rings is 1. The van der Waals surface area contributed by atoms with Gasteiger partial charge in [-0.05, 0) is 48.5 Å². The zero-order valence-corrected chi connectivity index (χ0v) is 21.4. The van der Waals surface area contributed by atoms with Crippen LogP contribution in [0.3, 0.4) is 0 Å². The SMILES string of the molecule is c1ccc(-n2c3ccccc3c3c4nc(-c5ccccc5-c5ncccn5)n(-c5ccccn5)c4ccc32)cc1. The maximum absolute atomic E-state index is 5.38. The molecule has 4 heterocycles. The van der Waals surface area contributed by atoms with Crippen molar-refractivity contribution in [3.05, 3.63) is 134 Å². The van der Waals surface area contributed by atoms with Gasteiger partial charge in [0.15, 0.2) is 5.82 Å². The minimum Gasteiger partial charge on any atom is -0.309 e. The number of aromatic nitrogens is 6. The Balaban J connectivity index is 1.52. The van der Waals surface area contributed by atoms with Crippen molar-refractivity contribution < 1.29 is 0 Å². The van der Waals surface area contributed by atoms with Gasteiger partial charge in [0.1, 0.15) is 11.6 Å². The Morgan fingerprint density at radius 2 is 1.18 bits per heavy atom. The summed E-state index contributed by atoms with van der Waals surface area (Å²) in [6, 6.07) is 39.3. The predicted octanol–water partition coefficient (Wildman–Crippen LogP) is 7.64. The number of nitrogens with zero attached hydrogens (tertiary/aromatic N) is 6. The lowest BCUT2D eigenvalue weighted by Crippen LogP contribution is -2.01. The predicted molar refractivity (Wildman–Crippen MR) is 160 cm³/mol. The summed E-state index contributed by atoms with van der Waals surface area (Å²) in [5.74, 6) is 2.25. The molecule has 0 amide bonds. The van der Waals surface area contributed by atoms with E-state index < -0.39 is 0 Å². The van der Waals surface area contributed by atoms with Crippen molar-refractivity contribution >= 4 is 32.8 Å². The molecule has 0 fully saturated rings. The molecule has 6 heteroatoms. The molecule has 0 aliphatic rings. The molecule has 0 spiro atoms. The first-order chi connectivity index (χ1) is 19.9. The largest absolute Gasteiger partial charge is 0.309 e. The number of para-hydroxylation sites is 2. The minimum absolute atomic E-state index is 0.656. The highest BCUT2D eigenvalue weighted by Gasteiger charge is 2.23. The molecule has 0 saturated carbocycles. The summed E-state index contributed by atoms with van der Waals surface area (Å²) in [4.78, 5) is 19.2. The molecular formula is C34H22N6. The van der Waals surface area contributed by atoms with E-state index in [9.17, 15) is 0 Å². The van der Waals surface area contributed by atoms with Gasteiger partial charge in [-0.15, -0.1) is 0 Å². The fraction of sp³-hybridized carbons (Fsp3) is 0. The summed E-state index contributed by atoms with van der Waals surface area (Å²) in [5.41, 5.74) is 7.13. The number of hydrogen-bond acceptors (Lipinski definition) is 4. The molecule has 0 radical (unpaired) electrons. The molecule has 4 aromatic carbocycles. The molecule has 188 valence electrons. The standard InChI is InChI=1S/C34H22N6/c1-2-11-23(12-3-1)39-27-16-7-6-15-26(27)31-28(39)18-19-29-32(31)38-34(40(29)30-17-8-9-20-35-30)25-14-5-4-13-24(25)33-36-21-10-22-37-33/h1-22H. The molecule has 0 aliphatic heterocycles. The molecule has 0 saturated heterocycles. The number of fused-ring (bicyclic) bond motifs is 5. The van der Waals surface area contributed by atoms with Gasteiger partial charge in [0.2, 0.25) is 0 Å². The van der Waals surface area contributed by atoms with Gasteiger partial charge < -0.3 is 4.57 Å². The Labute approximate surface area is 229 Å². The smallest absolute Gasteiger partial charge is 0.159 e. The van der Waals surface area contributed by atoms with Crippen LogP contribution in [-0.2, 0) is 0 Å². The highest BCUT2D eigenvalue weighted by Crippen LogP contribution is 2.40. The van der Waals surface area contributed by atoms with Crippen LogP contribution in [0.1, 0.15) is 0 Å². The minimum atomic E-state index is 0.656. The normalized spacial score (nSPS) is 11.5. The van der Waals surface area contributed by atoms with E-state index in [4.69, 9.17) is 9.97 Å². The Hall–Kier alpha value is -5.62. The zero-order chi connectivity index (χ0) is 26.5. The van der Waals surface area contributed by atoms with Crippen LogP contribution in [0.2, 0.25) is 0 Å². The first kappa shape index (κ1) is 22.4. The summed E-state index contributed by atoms with van der Waals surface area (Å²) in [6.45, 7) is 0. The lowest BCUT2D eigenvalue weighted by atomic mass is 10.1. The zero-order valence-electron chi connectivity index (χ0n) is 21.4.